The number of benzene rings is 1. The first-order valence-electron chi connectivity index (χ1n) is 5.19. The van der Waals surface area contributed by atoms with E-state index in [0.29, 0.717) is 0 Å². The molecule has 0 bridgehead atoms. The van der Waals surface area contributed by atoms with Crippen LogP contribution in [0.4, 0.5) is 5.69 Å². The van der Waals surface area contributed by atoms with Gasteiger partial charge in [0, 0.05) is 9.26 Å². The van der Waals surface area contributed by atoms with Gasteiger partial charge in [-0.2, -0.15) is 0 Å². The van der Waals surface area contributed by atoms with Crippen LogP contribution in [0.5, 0.6) is 0 Å². The molecule has 4 heteroatoms. The molecule has 2 rings (SSSR count). The molecule has 0 spiro atoms. The fourth-order valence-electron chi connectivity index (χ4n) is 1.62. The Balaban J connectivity index is 2.22. The molecule has 1 heterocycles. The maximum Gasteiger partial charge on any atom is 0.265 e. The number of aryl methyl sites for hydroxylation is 2. The summed E-state index contributed by atoms with van der Waals surface area (Å²) in [6.45, 7) is 4.10. The van der Waals surface area contributed by atoms with Crippen LogP contribution in [0, 0.1) is 17.4 Å². The van der Waals surface area contributed by atoms with Gasteiger partial charge in [-0.15, -0.1) is 11.3 Å². The van der Waals surface area contributed by atoms with E-state index in [1.54, 1.807) is 0 Å². The second-order valence-electron chi connectivity index (χ2n) is 3.86. The zero-order chi connectivity index (χ0) is 12.4. The number of amides is 1. The SMILES string of the molecule is Cc1cc(NC(=O)c2cccs2)cc(C)c1I. The van der Waals surface area contributed by atoms with Crippen LogP contribution in [0.3, 0.4) is 0 Å². The van der Waals surface area contributed by atoms with Crippen molar-refractivity contribution in [1.82, 2.24) is 0 Å². The van der Waals surface area contributed by atoms with Crippen LogP contribution >= 0.6 is 33.9 Å². The molecule has 0 aliphatic carbocycles. The zero-order valence-electron chi connectivity index (χ0n) is 9.58. The highest BCUT2D eigenvalue weighted by Gasteiger charge is 2.08. The minimum atomic E-state index is -0.0417. The lowest BCUT2D eigenvalue weighted by molar-refractivity contribution is 0.103. The van der Waals surface area contributed by atoms with Gasteiger partial charge in [-0.3, -0.25) is 4.79 Å². The van der Waals surface area contributed by atoms with Crippen LogP contribution in [0.25, 0.3) is 0 Å². The maximum atomic E-state index is 11.9. The third kappa shape index (κ3) is 2.87. The normalized spacial score (nSPS) is 10.3. The standard InChI is InChI=1S/C13H12INOS/c1-8-6-10(7-9(2)12(8)14)15-13(16)11-4-3-5-17-11/h3-7H,1-2H3,(H,15,16). The number of hydrogen-bond acceptors (Lipinski definition) is 2. The molecule has 0 fully saturated rings. The molecular weight excluding hydrogens is 345 g/mol. The lowest BCUT2D eigenvalue weighted by Crippen LogP contribution is -2.10. The molecule has 88 valence electrons. The van der Waals surface area contributed by atoms with Crippen LogP contribution in [0.2, 0.25) is 0 Å². The molecule has 2 nitrogen and oxygen atoms in total. The number of hydrogen-bond donors (Lipinski definition) is 1. The van der Waals surface area contributed by atoms with Crippen LogP contribution in [0.1, 0.15) is 20.8 Å². The number of thiophene rings is 1. The van der Waals surface area contributed by atoms with Crippen molar-refractivity contribution in [2.45, 2.75) is 13.8 Å². The first kappa shape index (κ1) is 12.6. The largest absolute Gasteiger partial charge is 0.321 e. The summed E-state index contributed by atoms with van der Waals surface area (Å²) in [4.78, 5) is 12.6. The molecule has 17 heavy (non-hydrogen) atoms. The molecule has 2 aromatic rings. The van der Waals surface area contributed by atoms with E-state index >= 15 is 0 Å². The molecule has 0 aliphatic rings. The van der Waals surface area contributed by atoms with E-state index in [2.05, 4.69) is 41.8 Å². The van der Waals surface area contributed by atoms with Gasteiger partial charge >= 0.3 is 0 Å². The summed E-state index contributed by atoms with van der Waals surface area (Å²) in [5, 5.41) is 4.82. The van der Waals surface area contributed by atoms with Gasteiger partial charge in [-0.1, -0.05) is 6.07 Å². The first-order valence-corrected chi connectivity index (χ1v) is 7.15. The monoisotopic (exact) mass is 357 g/mol. The molecule has 1 N–H and O–H groups in total. The minimum absolute atomic E-state index is 0.0417. The number of halogens is 1. The van der Waals surface area contributed by atoms with E-state index in [4.69, 9.17) is 0 Å². The van der Waals surface area contributed by atoms with Gasteiger partial charge in [0.25, 0.3) is 5.91 Å². The fraction of sp³-hybridized carbons (Fsp3) is 0.154. The molecule has 0 saturated carbocycles. The molecule has 0 radical (unpaired) electrons. The second-order valence-corrected chi connectivity index (χ2v) is 5.88. The Labute approximate surface area is 118 Å². The smallest absolute Gasteiger partial charge is 0.265 e. The Hall–Kier alpha value is -0.880. The average Bonchev–Trinajstić information content (AvgIpc) is 2.79. The predicted molar refractivity (Wildman–Crippen MR) is 80.9 cm³/mol. The van der Waals surface area contributed by atoms with Crippen LogP contribution < -0.4 is 5.32 Å². The van der Waals surface area contributed by atoms with E-state index in [9.17, 15) is 4.79 Å². The average molecular weight is 357 g/mol. The fourth-order valence-corrected chi connectivity index (χ4v) is 2.55. The number of anilines is 1. The van der Waals surface area contributed by atoms with Crippen molar-refractivity contribution in [1.29, 1.82) is 0 Å². The Morgan fingerprint density at radius 3 is 2.47 bits per heavy atom. The Kier molecular flexibility index (Phi) is 3.83. The van der Waals surface area contributed by atoms with E-state index in [1.807, 2.05) is 29.6 Å². The Bertz CT molecular complexity index is 526. The molecular formula is C13H12INOS. The van der Waals surface area contributed by atoms with Crippen molar-refractivity contribution in [3.8, 4) is 0 Å². The highest BCUT2D eigenvalue weighted by Crippen LogP contribution is 2.22. The van der Waals surface area contributed by atoms with Crippen LogP contribution in [0.15, 0.2) is 29.6 Å². The number of nitrogens with one attached hydrogen (secondary N) is 1. The summed E-state index contributed by atoms with van der Waals surface area (Å²) in [5.74, 6) is -0.0417. The van der Waals surface area contributed by atoms with Crippen molar-refractivity contribution >= 4 is 45.5 Å². The molecule has 1 amide bonds. The van der Waals surface area contributed by atoms with Gasteiger partial charge in [0.1, 0.15) is 0 Å². The summed E-state index contributed by atoms with van der Waals surface area (Å²) in [6, 6.07) is 7.71. The Morgan fingerprint density at radius 1 is 1.29 bits per heavy atom. The molecule has 0 saturated heterocycles. The summed E-state index contributed by atoms with van der Waals surface area (Å²) < 4.78 is 1.25. The summed E-state index contributed by atoms with van der Waals surface area (Å²) in [5.41, 5.74) is 3.23. The number of carbonyl (C=O) groups excluding carboxylic acids is 1. The summed E-state index contributed by atoms with van der Waals surface area (Å²) in [7, 11) is 0. The van der Waals surface area contributed by atoms with Crippen molar-refractivity contribution in [3.63, 3.8) is 0 Å². The topological polar surface area (TPSA) is 29.1 Å². The molecule has 1 aromatic heterocycles. The Morgan fingerprint density at radius 2 is 1.94 bits per heavy atom. The molecule has 0 atom stereocenters. The zero-order valence-corrected chi connectivity index (χ0v) is 12.6. The van der Waals surface area contributed by atoms with Crippen LogP contribution in [-0.2, 0) is 0 Å². The lowest BCUT2D eigenvalue weighted by Gasteiger charge is -2.08. The van der Waals surface area contributed by atoms with Gasteiger partial charge in [0.15, 0.2) is 0 Å². The highest BCUT2D eigenvalue weighted by molar-refractivity contribution is 14.1. The van der Waals surface area contributed by atoms with Gasteiger partial charge in [0.05, 0.1) is 4.88 Å². The van der Waals surface area contributed by atoms with E-state index in [0.717, 1.165) is 10.6 Å². The van der Waals surface area contributed by atoms with E-state index < -0.39 is 0 Å². The first-order chi connectivity index (χ1) is 8.08. The quantitative estimate of drug-likeness (QED) is 0.801. The maximum absolute atomic E-state index is 11.9. The third-order valence-corrected chi connectivity index (χ3v) is 5.01. The van der Waals surface area contributed by atoms with Gasteiger partial charge in [0.2, 0.25) is 0 Å². The van der Waals surface area contributed by atoms with E-state index in [1.165, 1.54) is 26.0 Å². The van der Waals surface area contributed by atoms with Gasteiger partial charge in [-0.25, -0.2) is 0 Å². The van der Waals surface area contributed by atoms with Crippen molar-refractivity contribution in [2.24, 2.45) is 0 Å². The predicted octanol–water partition coefficient (Wildman–Crippen LogP) is 4.22. The summed E-state index contributed by atoms with van der Waals surface area (Å²) in [6.07, 6.45) is 0. The van der Waals surface area contributed by atoms with Crippen LogP contribution in [-0.4, -0.2) is 5.91 Å². The van der Waals surface area contributed by atoms with Crippen molar-refractivity contribution < 1.29 is 4.79 Å². The number of carbonyl (C=O) groups is 1. The van der Waals surface area contributed by atoms with Gasteiger partial charge in [-0.05, 0) is 71.1 Å². The molecule has 0 unspecified atom stereocenters. The molecule has 0 aliphatic heterocycles. The van der Waals surface area contributed by atoms with Crippen molar-refractivity contribution in [2.75, 3.05) is 5.32 Å². The second kappa shape index (κ2) is 5.18. The minimum Gasteiger partial charge on any atom is -0.321 e. The highest BCUT2D eigenvalue weighted by atomic mass is 127. The third-order valence-electron chi connectivity index (χ3n) is 2.44. The lowest BCUT2D eigenvalue weighted by atomic mass is 10.1. The van der Waals surface area contributed by atoms with Crippen molar-refractivity contribution in [3.05, 3.63) is 49.2 Å². The molecule has 1 aromatic carbocycles. The van der Waals surface area contributed by atoms with Gasteiger partial charge < -0.3 is 5.32 Å². The number of rotatable bonds is 2. The van der Waals surface area contributed by atoms with E-state index in [-0.39, 0.29) is 5.91 Å². The summed E-state index contributed by atoms with van der Waals surface area (Å²) >= 11 is 3.77.